The Morgan fingerprint density at radius 3 is 3.07 bits per heavy atom. The molecule has 1 aromatic rings. The number of aromatic nitrogens is 2. The summed E-state index contributed by atoms with van der Waals surface area (Å²) < 4.78 is 4.94. The third-order valence-corrected chi connectivity index (χ3v) is 2.55. The Labute approximate surface area is 87.7 Å². The third kappa shape index (κ3) is 2.43. The Kier molecular flexibility index (Phi) is 2.83. The second-order valence-corrected chi connectivity index (χ2v) is 3.92. The summed E-state index contributed by atoms with van der Waals surface area (Å²) in [4.78, 5) is 18.3. The standard InChI is InChI=1S/C10H15N3O2/c1-15-5-7-4-8(14)13-10(12-7)9(11)6-2-3-6/h4,6,9H,2-3,5,11H2,1H3,(H,12,13,14). The molecule has 0 amide bonds. The van der Waals surface area contributed by atoms with Gasteiger partial charge in [-0.15, -0.1) is 0 Å². The minimum atomic E-state index is -0.164. The van der Waals surface area contributed by atoms with Gasteiger partial charge in [0.05, 0.1) is 18.3 Å². The zero-order chi connectivity index (χ0) is 10.8. The van der Waals surface area contributed by atoms with Gasteiger partial charge in [0.15, 0.2) is 0 Å². The number of rotatable bonds is 4. The molecule has 0 aliphatic heterocycles. The summed E-state index contributed by atoms with van der Waals surface area (Å²) in [6.45, 7) is 0.342. The predicted molar refractivity (Wildman–Crippen MR) is 55.2 cm³/mol. The molecule has 1 saturated carbocycles. The van der Waals surface area contributed by atoms with E-state index >= 15 is 0 Å². The molecule has 5 nitrogen and oxygen atoms in total. The molecule has 1 heterocycles. The highest BCUT2D eigenvalue weighted by Crippen LogP contribution is 2.37. The van der Waals surface area contributed by atoms with Crippen LogP contribution in [0.4, 0.5) is 0 Å². The van der Waals surface area contributed by atoms with E-state index in [2.05, 4.69) is 9.97 Å². The van der Waals surface area contributed by atoms with Crippen LogP contribution < -0.4 is 11.3 Å². The van der Waals surface area contributed by atoms with Crippen molar-refractivity contribution in [2.24, 2.45) is 11.7 Å². The third-order valence-electron chi connectivity index (χ3n) is 2.55. The maximum Gasteiger partial charge on any atom is 0.251 e. The smallest absolute Gasteiger partial charge is 0.251 e. The highest BCUT2D eigenvalue weighted by Gasteiger charge is 2.31. The summed E-state index contributed by atoms with van der Waals surface area (Å²) in [5.74, 6) is 1.06. The monoisotopic (exact) mass is 209 g/mol. The summed E-state index contributed by atoms with van der Waals surface area (Å²) in [5, 5.41) is 0. The van der Waals surface area contributed by atoms with Gasteiger partial charge in [-0.2, -0.15) is 0 Å². The molecule has 0 bridgehead atoms. The summed E-state index contributed by atoms with van der Waals surface area (Å²) in [5.41, 5.74) is 6.43. The van der Waals surface area contributed by atoms with Crippen LogP contribution in [0.15, 0.2) is 10.9 Å². The van der Waals surface area contributed by atoms with E-state index in [9.17, 15) is 4.79 Å². The highest BCUT2D eigenvalue weighted by atomic mass is 16.5. The van der Waals surface area contributed by atoms with Crippen LogP contribution in [0.5, 0.6) is 0 Å². The maximum absolute atomic E-state index is 11.3. The van der Waals surface area contributed by atoms with Crippen LogP contribution in [0.2, 0.25) is 0 Å². The van der Waals surface area contributed by atoms with Crippen LogP contribution in [0.3, 0.4) is 0 Å². The van der Waals surface area contributed by atoms with Gasteiger partial charge in [-0.25, -0.2) is 4.98 Å². The number of ether oxygens (including phenoxy) is 1. The lowest BCUT2D eigenvalue weighted by atomic mass is 10.2. The van der Waals surface area contributed by atoms with E-state index in [1.165, 1.54) is 6.07 Å². The molecule has 0 aromatic carbocycles. The fraction of sp³-hybridized carbons (Fsp3) is 0.600. The van der Waals surface area contributed by atoms with Crippen LogP contribution >= 0.6 is 0 Å². The molecule has 0 spiro atoms. The molecule has 82 valence electrons. The number of aromatic amines is 1. The van der Waals surface area contributed by atoms with Crippen molar-refractivity contribution in [3.8, 4) is 0 Å². The van der Waals surface area contributed by atoms with E-state index in [4.69, 9.17) is 10.5 Å². The van der Waals surface area contributed by atoms with Crippen LogP contribution in [0.1, 0.15) is 30.4 Å². The van der Waals surface area contributed by atoms with Gasteiger partial charge in [0.1, 0.15) is 5.82 Å². The first kappa shape index (κ1) is 10.3. The van der Waals surface area contributed by atoms with Crippen LogP contribution in [-0.4, -0.2) is 17.1 Å². The minimum Gasteiger partial charge on any atom is -0.378 e. The second-order valence-electron chi connectivity index (χ2n) is 3.92. The number of nitrogens with two attached hydrogens (primary N) is 1. The molecule has 2 rings (SSSR count). The van der Waals surface area contributed by atoms with Crippen molar-refractivity contribution in [1.82, 2.24) is 9.97 Å². The van der Waals surface area contributed by atoms with Gasteiger partial charge in [-0.3, -0.25) is 4.79 Å². The lowest BCUT2D eigenvalue weighted by Gasteiger charge is -2.10. The largest absolute Gasteiger partial charge is 0.378 e. The minimum absolute atomic E-state index is 0.144. The first-order valence-corrected chi connectivity index (χ1v) is 5.05. The summed E-state index contributed by atoms with van der Waals surface area (Å²) >= 11 is 0. The van der Waals surface area contributed by atoms with Gasteiger partial charge < -0.3 is 15.5 Å². The molecule has 1 aliphatic carbocycles. The number of hydrogen-bond acceptors (Lipinski definition) is 4. The van der Waals surface area contributed by atoms with Crippen LogP contribution in [0, 0.1) is 5.92 Å². The van der Waals surface area contributed by atoms with Gasteiger partial charge in [0.2, 0.25) is 0 Å². The van der Waals surface area contributed by atoms with Gasteiger partial charge in [0, 0.05) is 13.2 Å². The Morgan fingerprint density at radius 1 is 1.73 bits per heavy atom. The van der Waals surface area contributed by atoms with Crippen molar-refractivity contribution in [3.05, 3.63) is 27.9 Å². The molecule has 5 heteroatoms. The van der Waals surface area contributed by atoms with E-state index in [1.54, 1.807) is 7.11 Å². The fourth-order valence-corrected chi connectivity index (χ4v) is 1.59. The zero-order valence-corrected chi connectivity index (χ0v) is 8.69. The maximum atomic E-state index is 11.3. The van der Waals surface area contributed by atoms with Gasteiger partial charge >= 0.3 is 0 Å². The van der Waals surface area contributed by atoms with Crippen molar-refractivity contribution in [2.45, 2.75) is 25.5 Å². The van der Waals surface area contributed by atoms with Crippen molar-refractivity contribution in [3.63, 3.8) is 0 Å². The molecule has 15 heavy (non-hydrogen) atoms. The predicted octanol–water partition coefficient (Wildman–Crippen LogP) is 0.326. The molecule has 3 N–H and O–H groups in total. The zero-order valence-electron chi connectivity index (χ0n) is 8.69. The summed E-state index contributed by atoms with van der Waals surface area (Å²) in [6.07, 6.45) is 2.25. The first-order valence-electron chi connectivity index (χ1n) is 5.05. The van der Waals surface area contributed by atoms with Gasteiger partial charge in [-0.1, -0.05) is 0 Å². The van der Waals surface area contributed by atoms with Crippen molar-refractivity contribution >= 4 is 0 Å². The number of nitrogens with one attached hydrogen (secondary N) is 1. The molecular formula is C10H15N3O2. The summed E-state index contributed by atoms with van der Waals surface area (Å²) in [7, 11) is 1.57. The lowest BCUT2D eigenvalue weighted by Crippen LogP contribution is -2.22. The topological polar surface area (TPSA) is 81.0 Å². The fourth-order valence-electron chi connectivity index (χ4n) is 1.59. The van der Waals surface area contributed by atoms with Crippen molar-refractivity contribution < 1.29 is 4.74 Å². The Balaban J connectivity index is 2.25. The second kappa shape index (κ2) is 4.12. The lowest BCUT2D eigenvalue weighted by molar-refractivity contribution is 0.181. The molecule has 1 unspecified atom stereocenters. The average molecular weight is 209 g/mol. The van der Waals surface area contributed by atoms with E-state index in [-0.39, 0.29) is 11.6 Å². The van der Waals surface area contributed by atoms with E-state index < -0.39 is 0 Å². The first-order chi connectivity index (χ1) is 7.20. The van der Waals surface area contributed by atoms with Crippen molar-refractivity contribution in [1.29, 1.82) is 0 Å². The molecule has 1 aromatic heterocycles. The van der Waals surface area contributed by atoms with Crippen molar-refractivity contribution in [2.75, 3.05) is 7.11 Å². The molecule has 1 atom stereocenters. The SMILES string of the molecule is COCc1cc(=O)[nH]c(C(N)C2CC2)n1. The Bertz CT molecular complexity index is 398. The quantitative estimate of drug-likeness (QED) is 0.748. The van der Waals surface area contributed by atoms with Gasteiger partial charge in [-0.05, 0) is 18.8 Å². The molecule has 1 aliphatic rings. The molecule has 1 fully saturated rings. The number of nitrogens with zero attached hydrogens (tertiary/aromatic N) is 1. The highest BCUT2D eigenvalue weighted by molar-refractivity contribution is 5.07. The Hall–Kier alpha value is -1.20. The average Bonchev–Trinajstić information content (AvgIpc) is 2.99. The van der Waals surface area contributed by atoms with E-state index in [0.717, 1.165) is 12.8 Å². The summed E-state index contributed by atoms with van der Waals surface area (Å²) in [6, 6.07) is 1.29. The molecule has 0 radical (unpaired) electrons. The number of H-pyrrole nitrogens is 1. The molecular weight excluding hydrogens is 194 g/mol. The van der Waals surface area contributed by atoms with Crippen LogP contribution in [-0.2, 0) is 11.3 Å². The van der Waals surface area contributed by atoms with E-state index in [0.29, 0.717) is 24.0 Å². The normalized spacial score (nSPS) is 17.7. The Morgan fingerprint density at radius 2 is 2.47 bits per heavy atom. The van der Waals surface area contributed by atoms with E-state index in [1.807, 2.05) is 0 Å². The van der Waals surface area contributed by atoms with Crippen LogP contribution in [0.25, 0.3) is 0 Å². The number of hydrogen-bond donors (Lipinski definition) is 2. The van der Waals surface area contributed by atoms with Gasteiger partial charge in [0.25, 0.3) is 5.56 Å². The number of methoxy groups -OCH3 is 1. The molecule has 0 saturated heterocycles.